The predicted molar refractivity (Wildman–Crippen MR) is 110 cm³/mol. The first-order valence-electron chi connectivity index (χ1n) is 9.83. The molecule has 7 heteroatoms. The first-order chi connectivity index (χ1) is 13.6. The number of carbonyl (C=O) groups excluding carboxylic acids is 1. The van der Waals surface area contributed by atoms with E-state index in [1.165, 1.54) is 0 Å². The number of piperazine rings is 1. The molecule has 0 unspecified atom stereocenters. The number of nitrogens with one attached hydrogen (secondary N) is 1. The first kappa shape index (κ1) is 20.1. The van der Waals surface area contributed by atoms with Crippen LogP contribution in [0.1, 0.15) is 17.5 Å². The minimum Gasteiger partial charge on any atom is -0.483 e. The molecule has 1 amide bonds. The SMILES string of the molecule is Cc1cccc(C)c1OCC(=O)NCCCN1CCN(c2ncccn2)CC1. The highest BCUT2D eigenvalue weighted by atomic mass is 16.5. The van der Waals surface area contributed by atoms with Crippen LogP contribution in [0.25, 0.3) is 0 Å². The molecule has 3 rings (SSSR count). The second-order valence-corrected chi connectivity index (χ2v) is 7.09. The van der Waals surface area contributed by atoms with E-state index in [0.29, 0.717) is 6.54 Å². The Morgan fingerprint density at radius 1 is 1.07 bits per heavy atom. The van der Waals surface area contributed by atoms with Crippen molar-refractivity contribution in [1.82, 2.24) is 20.2 Å². The summed E-state index contributed by atoms with van der Waals surface area (Å²) >= 11 is 0. The van der Waals surface area contributed by atoms with E-state index in [1.807, 2.05) is 38.1 Å². The van der Waals surface area contributed by atoms with E-state index in [4.69, 9.17) is 4.74 Å². The number of ether oxygens (including phenoxy) is 1. The van der Waals surface area contributed by atoms with E-state index in [9.17, 15) is 4.79 Å². The third-order valence-electron chi connectivity index (χ3n) is 4.94. The van der Waals surface area contributed by atoms with Crippen molar-refractivity contribution in [2.45, 2.75) is 20.3 Å². The first-order valence-corrected chi connectivity index (χ1v) is 9.83. The van der Waals surface area contributed by atoms with Gasteiger partial charge in [-0.3, -0.25) is 9.69 Å². The van der Waals surface area contributed by atoms with E-state index >= 15 is 0 Å². The molecule has 1 aromatic carbocycles. The van der Waals surface area contributed by atoms with Gasteiger partial charge in [0.15, 0.2) is 6.61 Å². The minimum absolute atomic E-state index is 0.0570. The molecule has 0 bridgehead atoms. The lowest BCUT2D eigenvalue weighted by atomic mass is 10.1. The van der Waals surface area contributed by atoms with Crippen LogP contribution in [0.4, 0.5) is 5.95 Å². The monoisotopic (exact) mass is 383 g/mol. The summed E-state index contributed by atoms with van der Waals surface area (Å²) < 4.78 is 5.69. The number of carbonyl (C=O) groups is 1. The highest BCUT2D eigenvalue weighted by Gasteiger charge is 2.18. The van der Waals surface area contributed by atoms with Crippen molar-refractivity contribution in [3.05, 3.63) is 47.8 Å². The molecule has 0 atom stereocenters. The maximum absolute atomic E-state index is 12.0. The molecule has 0 aliphatic carbocycles. The van der Waals surface area contributed by atoms with Gasteiger partial charge >= 0.3 is 0 Å². The molecule has 1 fully saturated rings. The van der Waals surface area contributed by atoms with Crippen LogP contribution in [0, 0.1) is 13.8 Å². The zero-order valence-corrected chi connectivity index (χ0v) is 16.7. The summed E-state index contributed by atoms with van der Waals surface area (Å²) in [7, 11) is 0. The Kier molecular flexibility index (Phi) is 7.19. The molecule has 1 aromatic heterocycles. The molecular formula is C21H29N5O2. The molecule has 7 nitrogen and oxygen atoms in total. The number of para-hydroxylation sites is 1. The number of amides is 1. The maximum Gasteiger partial charge on any atom is 0.257 e. The summed E-state index contributed by atoms with van der Waals surface area (Å²) in [4.78, 5) is 25.3. The van der Waals surface area contributed by atoms with Crippen LogP contribution in [0.2, 0.25) is 0 Å². The lowest BCUT2D eigenvalue weighted by Gasteiger charge is -2.34. The summed E-state index contributed by atoms with van der Waals surface area (Å²) in [6.45, 7) is 9.51. The molecule has 150 valence electrons. The smallest absolute Gasteiger partial charge is 0.257 e. The molecule has 2 aromatic rings. The van der Waals surface area contributed by atoms with E-state index in [2.05, 4.69) is 25.1 Å². The molecule has 28 heavy (non-hydrogen) atoms. The van der Waals surface area contributed by atoms with Crippen molar-refractivity contribution >= 4 is 11.9 Å². The van der Waals surface area contributed by atoms with Gasteiger partial charge in [-0.2, -0.15) is 0 Å². The van der Waals surface area contributed by atoms with Gasteiger partial charge in [-0.1, -0.05) is 18.2 Å². The fourth-order valence-electron chi connectivity index (χ4n) is 3.37. The fourth-order valence-corrected chi connectivity index (χ4v) is 3.37. The number of hydrogen-bond acceptors (Lipinski definition) is 6. The van der Waals surface area contributed by atoms with Gasteiger partial charge in [-0.05, 0) is 44.0 Å². The summed E-state index contributed by atoms with van der Waals surface area (Å²) in [5, 5.41) is 2.95. The number of anilines is 1. The van der Waals surface area contributed by atoms with Crippen molar-refractivity contribution in [2.75, 3.05) is 50.8 Å². The Balaban J connectivity index is 1.29. The van der Waals surface area contributed by atoms with Crippen molar-refractivity contribution in [3.63, 3.8) is 0 Å². The number of hydrogen-bond donors (Lipinski definition) is 1. The molecule has 1 saturated heterocycles. The Hall–Kier alpha value is -2.67. The van der Waals surface area contributed by atoms with Gasteiger partial charge in [-0.25, -0.2) is 9.97 Å². The van der Waals surface area contributed by atoms with Crippen molar-refractivity contribution in [2.24, 2.45) is 0 Å². The number of aryl methyl sites for hydroxylation is 2. The normalized spacial score (nSPS) is 14.7. The number of rotatable bonds is 8. The molecule has 2 heterocycles. The van der Waals surface area contributed by atoms with E-state index < -0.39 is 0 Å². The molecule has 1 N–H and O–H groups in total. The zero-order valence-electron chi connectivity index (χ0n) is 16.7. The highest BCUT2D eigenvalue weighted by molar-refractivity contribution is 5.77. The van der Waals surface area contributed by atoms with Gasteiger partial charge in [0.25, 0.3) is 5.91 Å². The number of aromatic nitrogens is 2. The predicted octanol–water partition coefficient (Wildman–Crippen LogP) is 1.80. The molecular weight excluding hydrogens is 354 g/mol. The Morgan fingerprint density at radius 2 is 1.75 bits per heavy atom. The van der Waals surface area contributed by atoms with Gasteiger partial charge in [0.1, 0.15) is 5.75 Å². The Labute approximate surface area is 166 Å². The summed E-state index contributed by atoms with van der Waals surface area (Å²) in [5.41, 5.74) is 2.10. The van der Waals surface area contributed by atoms with Crippen LogP contribution in [0.3, 0.4) is 0 Å². The van der Waals surface area contributed by atoms with Crippen molar-refractivity contribution < 1.29 is 9.53 Å². The Bertz CT molecular complexity index is 740. The fraction of sp³-hybridized carbons (Fsp3) is 0.476. The van der Waals surface area contributed by atoms with Crippen LogP contribution in [0.5, 0.6) is 5.75 Å². The van der Waals surface area contributed by atoms with Gasteiger partial charge in [-0.15, -0.1) is 0 Å². The minimum atomic E-state index is -0.0753. The van der Waals surface area contributed by atoms with Crippen LogP contribution in [-0.2, 0) is 4.79 Å². The van der Waals surface area contributed by atoms with Crippen LogP contribution < -0.4 is 15.0 Å². The lowest BCUT2D eigenvalue weighted by molar-refractivity contribution is -0.123. The van der Waals surface area contributed by atoms with Crippen LogP contribution >= 0.6 is 0 Å². The van der Waals surface area contributed by atoms with Gasteiger partial charge in [0.2, 0.25) is 5.95 Å². The van der Waals surface area contributed by atoms with E-state index in [-0.39, 0.29) is 12.5 Å². The molecule has 0 radical (unpaired) electrons. The molecule has 1 aliphatic heterocycles. The van der Waals surface area contributed by atoms with Gasteiger partial charge in [0, 0.05) is 45.1 Å². The average Bonchev–Trinajstić information content (AvgIpc) is 2.72. The molecule has 0 saturated carbocycles. The maximum atomic E-state index is 12.0. The van der Waals surface area contributed by atoms with Crippen molar-refractivity contribution in [3.8, 4) is 5.75 Å². The average molecular weight is 383 g/mol. The van der Waals surface area contributed by atoms with E-state index in [1.54, 1.807) is 12.4 Å². The van der Waals surface area contributed by atoms with Gasteiger partial charge in [0.05, 0.1) is 0 Å². The largest absolute Gasteiger partial charge is 0.483 e. The van der Waals surface area contributed by atoms with E-state index in [0.717, 1.165) is 62.0 Å². The second-order valence-electron chi connectivity index (χ2n) is 7.09. The standard InChI is InChI=1S/C21H29N5O2/c1-17-6-3-7-18(2)20(17)28-16-19(27)22-10-5-11-25-12-14-26(15-13-25)21-23-8-4-9-24-21/h3-4,6-9H,5,10-16H2,1-2H3,(H,22,27). The third kappa shape index (κ3) is 5.66. The molecule has 1 aliphatic rings. The van der Waals surface area contributed by atoms with Crippen molar-refractivity contribution in [1.29, 1.82) is 0 Å². The second kappa shape index (κ2) is 10.0. The molecule has 0 spiro atoms. The summed E-state index contributed by atoms with van der Waals surface area (Å²) in [6, 6.07) is 7.80. The summed E-state index contributed by atoms with van der Waals surface area (Å²) in [6.07, 6.45) is 4.49. The number of benzene rings is 1. The topological polar surface area (TPSA) is 70.6 Å². The quantitative estimate of drug-likeness (QED) is 0.701. The van der Waals surface area contributed by atoms with Crippen LogP contribution in [0.15, 0.2) is 36.7 Å². The zero-order chi connectivity index (χ0) is 19.8. The number of nitrogens with zero attached hydrogens (tertiary/aromatic N) is 4. The van der Waals surface area contributed by atoms with Gasteiger partial charge < -0.3 is 15.0 Å². The summed E-state index contributed by atoms with van der Waals surface area (Å²) in [5.74, 6) is 1.53. The third-order valence-corrected chi connectivity index (χ3v) is 4.94. The lowest BCUT2D eigenvalue weighted by Crippen LogP contribution is -2.47. The van der Waals surface area contributed by atoms with Crippen LogP contribution in [-0.4, -0.2) is 66.7 Å². The highest BCUT2D eigenvalue weighted by Crippen LogP contribution is 2.21. The Morgan fingerprint density at radius 3 is 2.43 bits per heavy atom.